The Morgan fingerprint density at radius 2 is 1.97 bits per heavy atom. The van der Waals surface area contributed by atoms with Crippen molar-refractivity contribution in [1.29, 1.82) is 0 Å². The maximum Gasteiger partial charge on any atom is 0.248 e. The van der Waals surface area contributed by atoms with Crippen molar-refractivity contribution < 1.29 is 14.7 Å². The van der Waals surface area contributed by atoms with Gasteiger partial charge in [0.2, 0.25) is 11.8 Å². The Labute approximate surface area is 215 Å². The molecule has 2 aromatic heterocycles. The third kappa shape index (κ3) is 5.42. The first-order chi connectivity index (χ1) is 17.3. The molecule has 0 radical (unpaired) electrons. The second kappa shape index (κ2) is 11.2. The summed E-state index contributed by atoms with van der Waals surface area (Å²) >= 11 is 6.25. The normalized spacial score (nSPS) is 17.3. The molecule has 1 saturated heterocycles. The van der Waals surface area contributed by atoms with Crippen LogP contribution in [0, 0.1) is 12.8 Å². The van der Waals surface area contributed by atoms with Crippen LogP contribution >= 0.6 is 11.6 Å². The molecule has 4 rings (SSSR count). The van der Waals surface area contributed by atoms with Gasteiger partial charge in [-0.3, -0.25) is 14.6 Å². The molecule has 9 nitrogen and oxygen atoms in total. The number of hydrogen-bond donors (Lipinski definition) is 2. The van der Waals surface area contributed by atoms with Gasteiger partial charge in [0, 0.05) is 30.7 Å². The number of aliphatic hydroxyl groups excluding tert-OH is 1. The molecule has 1 aliphatic rings. The van der Waals surface area contributed by atoms with Crippen molar-refractivity contribution in [3.05, 3.63) is 65.2 Å². The van der Waals surface area contributed by atoms with Crippen LogP contribution in [0.4, 0.5) is 0 Å². The lowest BCUT2D eigenvalue weighted by Crippen LogP contribution is -2.50. The first kappa shape index (κ1) is 25.8. The molecule has 3 heterocycles. The highest BCUT2D eigenvalue weighted by Crippen LogP contribution is 2.29. The fraction of sp³-hybridized carbons (Fsp3) is 0.423. The van der Waals surface area contributed by atoms with E-state index in [0.717, 1.165) is 28.8 Å². The summed E-state index contributed by atoms with van der Waals surface area (Å²) in [5.41, 5.74) is 3.25. The van der Waals surface area contributed by atoms with Gasteiger partial charge in [-0.2, -0.15) is 0 Å². The second-order valence-electron chi connectivity index (χ2n) is 9.44. The molecule has 2 N–H and O–H groups in total. The Hall–Kier alpha value is -3.30. The monoisotopic (exact) mass is 510 g/mol. The second-order valence-corrected chi connectivity index (χ2v) is 9.85. The molecule has 1 aromatic carbocycles. The number of rotatable bonds is 8. The van der Waals surface area contributed by atoms with Crippen molar-refractivity contribution in [1.82, 2.24) is 30.2 Å². The zero-order chi connectivity index (χ0) is 25.8. The molecule has 0 spiro atoms. The van der Waals surface area contributed by atoms with E-state index in [1.807, 2.05) is 51.1 Å². The Morgan fingerprint density at radius 3 is 2.58 bits per heavy atom. The standard InChI is InChI=1S/C26H31ClN6O3/c1-16(2)24(33-14-17(3)30-31-33)26(36)32-12-4-5-23(32)25(35)29-22(15-34)19-8-6-18(7-9-19)20-10-11-28-13-21(20)27/h6-11,13-14,16,22-24,34H,4-5,12,15H2,1-3H3,(H,29,35). The van der Waals surface area contributed by atoms with Crippen LogP contribution in [0.2, 0.25) is 5.02 Å². The van der Waals surface area contributed by atoms with Gasteiger partial charge in [0.25, 0.3) is 0 Å². The van der Waals surface area contributed by atoms with E-state index in [4.69, 9.17) is 11.6 Å². The molecule has 190 valence electrons. The number of halogens is 1. The Bertz CT molecular complexity index is 1210. The molecule has 3 unspecified atom stereocenters. The molecular formula is C26H31ClN6O3. The Balaban J connectivity index is 1.48. The average molecular weight is 511 g/mol. The number of carbonyl (C=O) groups is 2. The van der Waals surface area contributed by atoms with Crippen LogP contribution in [0.1, 0.15) is 50.0 Å². The van der Waals surface area contributed by atoms with Crippen LogP contribution in [-0.2, 0) is 9.59 Å². The van der Waals surface area contributed by atoms with Crippen molar-refractivity contribution in [2.45, 2.75) is 51.7 Å². The summed E-state index contributed by atoms with van der Waals surface area (Å²) in [6.45, 7) is 5.96. The molecule has 3 aromatic rings. The SMILES string of the molecule is Cc1cn(C(C(=O)N2CCCC2C(=O)NC(CO)c2ccc(-c3ccncc3Cl)cc2)C(C)C)nn1. The van der Waals surface area contributed by atoms with Crippen LogP contribution in [0.15, 0.2) is 48.9 Å². The van der Waals surface area contributed by atoms with Crippen LogP contribution in [0.3, 0.4) is 0 Å². The van der Waals surface area contributed by atoms with E-state index in [1.165, 1.54) is 0 Å². The van der Waals surface area contributed by atoms with Gasteiger partial charge in [0.1, 0.15) is 12.1 Å². The minimum absolute atomic E-state index is 0.0273. The van der Waals surface area contributed by atoms with E-state index >= 15 is 0 Å². The predicted octanol–water partition coefficient (Wildman–Crippen LogP) is 3.34. The van der Waals surface area contributed by atoms with Gasteiger partial charge in [-0.15, -0.1) is 5.10 Å². The van der Waals surface area contributed by atoms with Gasteiger partial charge in [0.05, 0.1) is 23.4 Å². The molecular weight excluding hydrogens is 480 g/mol. The van der Waals surface area contributed by atoms with Gasteiger partial charge in [-0.05, 0) is 42.9 Å². The molecule has 3 atom stereocenters. The van der Waals surface area contributed by atoms with Crippen molar-refractivity contribution >= 4 is 23.4 Å². The maximum absolute atomic E-state index is 13.5. The quantitative estimate of drug-likeness (QED) is 0.480. The molecule has 0 aliphatic carbocycles. The number of likely N-dealkylation sites (tertiary alicyclic amines) is 1. The first-order valence-corrected chi connectivity index (χ1v) is 12.5. The lowest BCUT2D eigenvalue weighted by atomic mass is 10.0. The minimum Gasteiger partial charge on any atom is -0.394 e. The molecule has 0 saturated carbocycles. The van der Waals surface area contributed by atoms with Gasteiger partial charge >= 0.3 is 0 Å². The zero-order valence-corrected chi connectivity index (χ0v) is 21.4. The molecule has 10 heteroatoms. The highest BCUT2D eigenvalue weighted by atomic mass is 35.5. The number of hydrogen-bond acceptors (Lipinski definition) is 6. The summed E-state index contributed by atoms with van der Waals surface area (Å²) in [6.07, 6.45) is 6.31. The number of pyridine rings is 1. The number of amides is 2. The van der Waals surface area contributed by atoms with E-state index < -0.39 is 18.1 Å². The van der Waals surface area contributed by atoms with Crippen LogP contribution in [0.5, 0.6) is 0 Å². The van der Waals surface area contributed by atoms with Gasteiger partial charge in [-0.1, -0.05) is 54.9 Å². The molecule has 1 aliphatic heterocycles. The van der Waals surface area contributed by atoms with Gasteiger partial charge in [-0.25, -0.2) is 4.68 Å². The lowest BCUT2D eigenvalue weighted by molar-refractivity contribution is -0.142. The number of nitrogens with zero attached hydrogens (tertiary/aromatic N) is 5. The topological polar surface area (TPSA) is 113 Å². The van der Waals surface area contributed by atoms with Crippen LogP contribution in [0.25, 0.3) is 11.1 Å². The fourth-order valence-electron chi connectivity index (χ4n) is 4.68. The summed E-state index contributed by atoms with van der Waals surface area (Å²) in [4.78, 5) is 32.5. The van der Waals surface area contributed by atoms with Crippen molar-refractivity contribution in [3.63, 3.8) is 0 Å². The summed E-state index contributed by atoms with van der Waals surface area (Å²) < 4.78 is 1.59. The molecule has 36 heavy (non-hydrogen) atoms. The molecule has 2 amide bonds. The van der Waals surface area contributed by atoms with E-state index in [1.54, 1.807) is 28.2 Å². The largest absolute Gasteiger partial charge is 0.394 e. The first-order valence-electron chi connectivity index (χ1n) is 12.1. The highest BCUT2D eigenvalue weighted by Gasteiger charge is 2.39. The van der Waals surface area contributed by atoms with Gasteiger partial charge in [0.15, 0.2) is 0 Å². The van der Waals surface area contributed by atoms with Crippen molar-refractivity contribution in [3.8, 4) is 11.1 Å². The molecule has 0 bridgehead atoms. The Morgan fingerprint density at radius 1 is 1.22 bits per heavy atom. The zero-order valence-electron chi connectivity index (χ0n) is 20.6. The van der Waals surface area contributed by atoms with Crippen LogP contribution < -0.4 is 5.32 Å². The van der Waals surface area contributed by atoms with E-state index in [2.05, 4.69) is 20.6 Å². The third-order valence-corrected chi connectivity index (χ3v) is 6.83. The summed E-state index contributed by atoms with van der Waals surface area (Å²) in [5.74, 6) is -0.453. The van der Waals surface area contributed by atoms with Crippen LogP contribution in [-0.4, -0.2) is 61.0 Å². The van der Waals surface area contributed by atoms with Crippen molar-refractivity contribution in [2.75, 3.05) is 13.2 Å². The number of benzene rings is 1. The smallest absolute Gasteiger partial charge is 0.248 e. The number of aliphatic hydroxyl groups is 1. The Kier molecular flexibility index (Phi) is 8.01. The number of aromatic nitrogens is 4. The fourth-order valence-corrected chi connectivity index (χ4v) is 4.91. The van der Waals surface area contributed by atoms with E-state index in [0.29, 0.717) is 18.0 Å². The summed E-state index contributed by atoms with van der Waals surface area (Å²) in [5, 5.41) is 21.7. The van der Waals surface area contributed by atoms with Crippen molar-refractivity contribution in [2.24, 2.45) is 5.92 Å². The number of carbonyl (C=O) groups excluding carboxylic acids is 2. The highest BCUT2D eigenvalue weighted by molar-refractivity contribution is 6.33. The predicted molar refractivity (Wildman–Crippen MR) is 136 cm³/mol. The number of nitrogens with one attached hydrogen (secondary N) is 1. The third-order valence-electron chi connectivity index (χ3n) is 6.53. The van der Waals surface area contributed by atoms with E-state index in [9.17, 15) is 14.7 Å². The molecule has 1 fully saturated rings. The van der Waals surface area contributed by atoms with E-state index in [-0.39, 0.29) is 24.3 Å². The lowest BCUT2D eigenvalue weighted by Gasteiger charge is -2.30. The maximum atomic E-state index is 13.5. The average Bonchev–Trinajstić information content (AvgIpc) is 3.52. The van der Waals surface area contributed by atoms with Gasteiger partial charge < -0.3 is 15.3 Å². The summed E-state index contributed by atoms with van der Waals surface area (Å²) in [6, 6.07) is 7.58. The summed E-state index contributed by atoms with van der Waals surface area (Å²) in [7, 11) is 0. The minimum atomic E-state index is -0.604. The number of aryl methyl sites for hydroxylation is 1.